The molecule has 1 heterocycles. The lowest BCUT2D eigenvalue weighted by Gasteiger charge is -2.02. The number of esters is 1. The number of aromatic nitrogens is 2. The lowest BCUT2D eigenvalue weighted by Crippen LogP contribution is -2.14. The zero-order chi connectivity index (χ0) is 16.1. The zero-order valence-electron chi connectivity index (χ0n) is 11.7. The fourth-order valence-corrected chi connectivity index (χ4v) is 1.72. The first-order chi connectivity index (χ1) is 10.5. The molecule has 8 heteroatoms. The Balaban J connectivity index is 1.97. The molecule has 2 aromatic rings. The largest absolute Gasteiger partial charge is 0.461 e. The molecule has 0 atom stereocenters. The van der Waals surface area contributed by atoms with Gasteiger partial charge in [-0.25, -0.2) is 13.6 Å². The Bertz CT molecular complexity index is 700. The summed E-state index contributed by atoms with van der Waals surface area (Å²) in [4.78, 5) is 23.2. The molecule has 0 bridgehead atoms. The Morgan fingerprint density at radius 3 is 2.73 bits per heavy atom. The molecule has 0 saturated carbocycles. The number of amides is 1. The third-order valence-corrected chi connectivity index (χ3v) is 2.69. The zero-order valence-corrected chi connectivity index (χ0v) is 11.7. The molecule has 0 fully saturated rings. The highest BCUT2D eigenvalue weighted by molar-refractivity contribution is 5.93. The van der Waals surface area contributed by atoms with Crippen molar-refractivity contribution < 1.29 is 23.1 Å². The monoisotopic (exact) mass is 309 g/mol. The summed E-state index contributed by atoms with van der Waals surface area (Å²) in [6.07, 6.45) is -0.154. The summed E-state index contributed by atoms with van der Waals surface area (Å²) >= 11 is 0. The number of benzene rings is 1. The van der Waals surface area contributed by atoms with Gasteiger partial charge in [-0.2, -0.15) is 5.10 Å². The molecule has 0 aliphatic rings. The number of aromatic amines is 1. The van der Waals surface area contributed by atoms with E-state index in [0.29, 0.717) is 5.56 Å². The van der Waals surface area contributed by atoms with Crippen LogP contribution in [0.3, 0.4) is 0 Å². The number of hydrogen-bond donors (Lipinski definition) is 2. The third kappa shape index (κ3) is 3.87. The summed E-state index contributed by atoms with van der Waals surface area (Å²) in [5.74, 6) is -2.93. The molecule has 0 aliphatic carbocycles. The number of nitrogens with zero attached hydrogens (tertiary/aromatic N) is 1. The number of halogens is 2. The van der Waals surface area contributed by atoms with E-state index in [9.17, 15) is 18.4 Å². The van der Waals surface area contributed by atoms with Crippen LogP contribution in [0.2, 0.25) is 0 Å². The van der Waals surface area contributed by atoms with Gasteiger partial charge in [0.15, 0.2) is 17.5 Å². The molecule has 1 aromatic heterocycles. The van der Waals surface area contributed by atoms with Gasteiger partial charge in [-0.15, -0.1) is 0 Å². The highest BCUT2D eigenvalue weighted by Gasteiger charge is 2.13. The Kier molecular flexibility index (Phi) is 4.82. The van der Waals surface area contributed by atoms with E-state index in [1.807, 2.05) is 0 Å². The molecule has 6 nitrogen and oxygen atoms in total. The van der Waals surface area contributed by atoms with Crippen LogP contribution in [0.5, 0.6) is 0 Å². The van der Waals surface area contributed by atoms with Crippen LogP contribution >= 0.6 is 0 Å². The van der Waals surface area contributed by atoms with Gasteiger partial charge in [0.2, 0.25) is 5.91 Å². The van der Waals surface area contributed by atoms with E-state index in [1.54, 1.807) is 6.92 Å². The maximum atomic E-state index is 13.0. The number of H-pyrrole nitrogens is 1. The Morgan fingerprint density at radius 2 is 2.05 bits per heavy atom. The number of carbonyl (C=O) groups is 2. The molecular formula is C14H13F2N3O3. The first kappa shape index (κ1) is 15.6. The maximum absolute atomic E-state index is 13.0. The van der Waals surface area contributed by atoms with Crippen molar-refractivity contribution in [2.75, 3.05) is 11.9 Å². The molecule has 116 valence electrons. The molecule has 2 rings (SSSR count). The minimum absolute atomic E-state index is 0.102. The molecule has 0 unspecified atom stereocenters. The van der Waals surface area contributed by atoms with E-state index >= 15 is 0 Å². The molecule has 22 heavy (non-hydrogen) atoms. The van der Waals surface area contributed by atoms with E-state index in [-0.39, 0.29) is 24.5 Å². The van der Waals surface area contributed by atoms with Crippen molar-refractivity contribution in [3.63, 3.8) is 0 Å². The number of hydrogen-bond acceptors (Lipinski definition) is 4. The predicted octanol–water partition coefficient (Wildman–Crippen LogP) is 2.05. The van der Waals surface area contributed by atoms with Crippen LogP contribution < -0.4 is 5.32 Å². The van der Waals surface area contributed by atoms with E-state index in [4.69, 9.17) is 4.74 Å². The highest BCUT2D eigenvalue weighted by Crippen LogP contribution is 2.11. The number of rotatable bonds is 5. The molecule has 0 spiro atoms. The highest BCUT2D eigenvalue weighted by atomic mass is 19.2. The third-order valence-electron chi connectivity index (χ3n) is 2.69. The fraction of sp³-hybridized carbons (Fsp3) is 0.214. The minimum Gasteiger partial charge on any atom is -0.461 e. The van der Waals surface area contributed by atoms with Crippen molar-refractivity contribution >= 4 is 17.7 Å². The molecule has 1 amide bonds. The summed E-state index contributed by atoms with van der Waals surface area (Å²) in [7, 11) is 0. The normalized spacial score (nSPS) is 10.3. The van der Waals surface area contributed by atoms with Crippen LogP contribution in [0.25, 0.3) is 0 Å². The second-order valence-corrected chi connectivity index (χ2v) is 4.36. The van der Waals surface area contributed by atoms with Crippen molar-refractivity contribution in [3.8, 4) is 0 Å². The van der Waals surface area contributed by atoms with Gasteiger partial charge >= 0.3 is 5.97 Å². The van der Waals surface area contributed by atoms with Crippen LogP contribution in [0.1, 0.15) is 23.0 Å². The van der Waals surface area contributed by atoms with Gasteiger partial charge in [0, 0.05) is 6.07 Å². The number of carbonyl (C=O) groups excluding carboxylic acids is 2. The van der Waals surface area contributed by atoms with E-state index in [2.05, 4.69) is 15.5 Å². The SMILES string of the molecule is CCOC(=O)c1cc(NC(=O)Cc2ccc(F)c(F)c2)n[nH]1. The van der Waals surface area contributed by atoms with Crippen LogP contribution in [-0.2, 0) is 16.0 Å². The smallest absolute Gasteiger partial charge is 0.356 e. The molecule has 1 aromatic carbocycles. The molecule has 0 saturated heterocycles. The van der Waals surface area contributed by atoms with Crippen molar-refractivity contribution in [2.24, 2.45) is 0 Å². The summed E-state index contributed by atoms with van der Waals surface area (Å²) < 4.78 is 30.6. The van der Waals surface area contributed by atoms with Crippen LogP contribution in [-0.4, -0.2) is 28.7 Å². The van der Waals surface area contributed by atoms with Crippen molar-refractivity contribution in [2.45, 2.75) is 13.3 Å². The number of ether oxygens (including phenoxy) is 1. The minimum atomic E-state index is -1.02. The van der Waals surface area contributed by atoms with Crippen molar-refractivity contribution in [1.82, 2.24) is 10.2 Å². The van der Waals surface area contributed by atoms with E-state index in [1.165, 1.54) is 12.1 Å². The summed E-state index contributed by atoms with van der Waals surface area (Å²) in [5.41, 5.74) is 0.419. The average Bonchev–Trinajstić information content (AvgIpc) is 2.91. The van der Waals surface area contributed by atoms with Gasteiger partial charge in [0.25, 0.3) is 0 Å². The van der Waals surface area contributed by atoms with Crippen molar-refractivity contribution in [1.29, 1.82) is 0 Å². The van der Waals surface area contributed by atoms with Crippen molar-refractivity contribution in [3.05, 3.63) is 47.2 Å². The lowest BCUT2D eigenvalue weighted by molar-refractivity contribution is -0.115. The van der Waals surface area contributed by atoms with Crippen LogP contribution in [0.4, 0.5) is 14.6 Å². The lowest BCUT2D eigenvalue weighted by atomic mass is 10.1. The Hall–Kier alpha value is -2.77. The van der Waals surface area contributed by atoms with Crippen LogP contribution in [0, 0.1) is 11.6 Å². The average molecular weight is 309 g/mol. The number of nitrogens with one attached hydrogen (secondary N) is 2. The van der Waals surface area contributed by atoms with Gasteiger partial charge in [-0.3, -0.25) is 9.89 Å². The summed E-state index contributed by atoms with van der Waals surface area (Å²) in [6, 6.07) is 4.53. The second-order valence-electron chi connectivity index (χ2n) is 4.36. The molecule has 0 radical (unpaired) electrons. The standard InChI is InChI=1S/C14H13F2N3O3/c1-2-22-14(21)11-7-12(19-18-11)17-13(20)6-8-3-4-9(15)10(16)5-8/h3-5,7H,2,6H2,1H3,(H2,17,18,19,20). The fourth-order valence-electron chi connectivity index (χ4n) is 1.72. The molecular weight excluding hydrogens is 296 g/mol. The summed E-state index contributed by atoms with van der Waals surface area (Å²) in [5, 5.41) is 8.60. The van der Waals surface area contributed by atoms with Gasteiger partial charge in [0.1, 0.15) is 5.69 Å². The first-order valence-corrected chi connectivity index (χ1v) is 6.46. The Morgan fingerprint density at radius 1 is 1.27 bits per heavy atom. The molecule has 2 N–H and O–H groups in total. The predicted molar refractivity (Wildman–Crippen MR) is 73.2 cm³/mol. The Labute approximate surface area is 124 Å². The maximum Gasteiger partial charge on any atom is 0.356 e. The van der Waals surface area contributed by atoms with Crippen LogP contribution in [0.15, 0.2) is 24.3 Å². The van der Waals surface area contributed by atoms with Gasteiger partial charge in [-0.1, -0.05) is 6.07 Å². The van der Waals surface area contributed by atoms with E-state index in [0.717, 1.165) is 12.1 Å². The first-order valence-electron chi connectivity index (χ1n) is 6.46. The van der Waals surface area contributed by atoms with Gasteiger partial charge in [-0.05, 0) is 24.6 Å². The second kappa shape index (κ2) is 6.79. The molecule has 0 aliphatic heterocycles. The quantitative estimate of drug-likeness (QED) is 0.828. The number of anilines is 1. The van der Waals surface area contributed by atoms with Gasteiger partial charge in [0.05, 0.1) is 13.0 Å². The van der Waals surface area contributed by atoms with Gasteiger partial charge < -0.3 is 10.1 Å². The topological polar surface area (TPSA) is 84.1 Å². The van der Waals surface area contributed by atoms with E-state index < -0.39 is 23.5 Å². The summed E-state index contributed by atoms with van der Waals surface area (Å²) in [6.45, 7) is 1.88.